The van der Waals surface area contributed by atoms with Crippen LogP contribution in [0.25, 0.3) is 16.8 Å². The van der Waals surface area contributed by atoms with Crippen molar-refractivity contribution >= 4 is 57.6 Å². The Morgan fingerprint density at radius 1 is 1.21 bits per heavy atom. The zero-order chi connectivity index (χ0) is 38.0. The molecule has 0 saturated heterocycles. The summed E-state index contributed by atoms with van der Waals surface area (Å²) in [5.74, 6) is 0.169. The van der Waals surface area contributed by atoms with Gasteiger partial charge in [-0.25, -0.2) is 9.28 Å². The van der Waals surface area contributed by atoms with Crippen LogP contribution in [0.2, 0.25) is 5.02 Å². The van der Waals surface area contributed by atoms with Gasteiger partial charge in [-0.3, -0.25) is 4.79 Å². The van der Waals surface area contributed by atoms with Crippen molar-refractivity contribution in [3.63, 3.8) is 0 Å². The number of amides is 2. The molecule has 5 rings (SSSR count). The van der Waals surface area contributed by atoms with Crippen molar-refractivity contribution in [2.45, 2.75) is 52.6 Å². The second-order valence-corrected chi connectivity index (χ2v) is 13.5. The number of quaternary nitrogens is 1. The van der Waals surface area contributed by atoms with Crippen molar-refractivity contribution in [3.05, 3.63) is 89.4 Å². The van der Waals surface area contributed by atoms with E-state index in [4.69, 9.17) is 26.4 Å². The highest BCUT2D eigenvalue weighted by Crippen LogP contribution is 2.46. The number of aromatic hydroxyl groups is 1. The molecule has 0 radical (unpaired) electrons. The van der Waals surface area contributed by atoms with Gasteiger partial charge in [-0.1, -0.05) is 58.0 Å². The molecule has 2 aliphatic heterocycles. The second-order valence-electron chi connectivity index (χ2n) is 13.1. The van der Waals surface area contributed by atoms with Gasteiger partial charge in [0.05, 0.1) is 48.8 Å². The molecule has 0 saturated carbocycles. The normalized spacial score (nSPS) is 16.6. The van der Waals surface area contributed by atoms with Crippen LogP contribution in [-0.2, 0) is 20.5 Å². The topological polar surface area (TPSA) is 110 Å². The first kappa shape index (κ1) is 38.5. The van der Waals surface area contributed by atoms with Gasteiger partial charge in [0, 0.05) is 35.4 Å². The van der Waals surface area contributed by atoms with Crippen LogP contribution in [0.1, 0.15) is 63.4 Å². The fraction of sp³-hybridized carbons (Fsp3) is 0.368. The molecule has 52 heavy (non-hydrogen) atoms. The van der Waals surface area contributed by atoms with E-state index in [2.05, 4.69) is 32.3 Å². The van der Waals surface area contributed by atoms with E-state index in [1.54, 1.807) is 28.8 Å². The van der Waals surface area contributed by atoms with Crippen molar-refractivity contribution in [3.8, 4) is 5.75 Å². The number of rotatable bonds is 12. The van der Waals surface area contributed by atoms with Crippen molar-refractivity contribution in [2.24, 2.45) is 5.92 Å². The van der Waals surface area contributed by atoms with Gasteiger partial charge >= 0.3 is 12.1 Å². The summed E-state index contributed by atoms with van der Waals surface area (Å²) in [7, 11) is 1.79. The maximum atomic E-state index is 13.7. The molecule has 14 heteroatoms. The van der Waals surface area contributed by atoms with Crippen LogP contribution in [0, 0.1) is 5.92 Å². The molecule has 3 aromatic rings. The van der Waals surface area contributed by atoms with Crippen LogP contribution in [0.5, 0.6) is 5.75 Å². The van der Waals surface area contributed by atoms with Gasteiger partial charge in [-0.05, 0) is 54.7 Å². The molecule has 2 atom stereocenters. The first-order valence-electron chi connectivity index (χ1n) is 17.1. The highest BCUT2D eigenvalue weighted by Gasteiger charge is 2.40. The molecule has 0 aliphatic carbocycles. The molecule has 2 unspecified atom stereocenters. The van der Waals surface area contributed by atoms with Crippen LogP contribution < -0.4 is 14.7 Å². The Morgan fingerprint density at radius 2 is 1.96 bits per heavy atom. The summed E-state index contributed by atoms with van der Waals surface area (Å²) in [5.41, 5.74) is 2.66. The molecule has 1 aromatic heterocycles. The number of halogens is 4. The molecule has 2 aromatic carbocycles. The number of hydrogen-bond donors (Lipinski definition) is 2. The number of likely N-dealkylation sites (N-methyl/N-ethyl adjacent to an activating group) is 1. The number of phenolic OH excluding ortho intramolecular Hbond substituents is 1. The van der Waals surface area contributed by atoms with E-state index < -0.39 is 17.6 Å². The summed E-state index contributed by atoms with van der Waals surface area (Å²) in [4.78, 5) is 34.0. The number of alkyl halides is 3. The third-order valence-electron chi connectivity index (χ3n) is 9.66. The summed E-state index contributed by atoms with van der Waals surface area (Å²) in [6.45, 7) is 15.3. The maximum absolute atomic E-state index is 13.7. The molecule has 0 bridgehead atoms. The number of ether oxygens (including phenoxy) is 1. The van der Waals surface area contributed by atoms with E-state index in [9.17, 15) is 27.9 Å². The van der Waals surface area contributed by atoms with Crippen molar-refractivity contribution in [1.82, 2.24) is 19.2 Å². The predicted octanol–water partition coefficient (Wildman–Crippen LogP) is 8.30. The van der Waals surface area contributed by atoms with Crippen LogP contribution >= 0.6 is 11.6 Å². The number of hydrogen-bond acceptors (Lipinski definition) is 7. The number of nitrogens with zero attached hydrogens (tertiary/aromatic N) is 5. The van der Waals surface area contributed by atoms with E-state index in [0.717, 1.165) is 36.6 Å². The lowest BCUT2D eigenvalue weighted by atomic mass is 9.93. The molecule has 0 fully saturated rings. The average Bonchev–Trinajstić information content (AvgIpc) is 3.58. The summed E-state index contributed by atoms with van der Waals surface area (Å²) in [5, 5.41) is 18.0. The minimum Gasteiger partial charge on any atom is -0.508 e. The van der Waals surface area contributed by atoms with E-state index in [1.807, 2.05) is 13.0 Å². The second kappa shape index (κ2) is 15.5. The molecule has 2 amide bonds. The van der Waals surface area contributed by atoms with Crippen LogP contribution in [0.4, 0.5) is 30.5 Å². The largest absolute Gasteiger partial charge is 0.508 e. The number of fused-ring (bicyclic) bond motifs is 1. The minimum atomic E-state index is -4.60. The van der Waals surface area contributed by atoms with Gasteiger partial charge in [0.25, 0.3) is 0 Å². The van der Waals surface area contributed by atoms with Gasteiger partial charge < -0.3 is 20.1 Å². The quantitative estimate of drug-likeness (QED) is 0.142. The standard InChI is InChI=1S/C38H42ClF3N6O4/c1-7-23(4)14-17-48(6,34(51)9-3)32-21-27(49)11-12-28(32)35-24(5)47-37(44-36(45-47)25-15-18-52-19-16-25)46(31(35)8-2)22-33(50)43-30-13-10-26(20-29(30)39)38(40,41)42/h9-13,15,20-21,23H,3,5,7-8,14,16-19,22H2,1-2,4,6H3,(H-,43,49,50)/p+1. The summed E-state index contributed by atoms with van der Waals surface area (Å²) < 4.78 is 46.7. The Kier molecular flexibility index (Phi) is 11.5. The lowest BCUT2D eigenvalue weighted by molar-refractivity contribution is -0.137. The Balaban J connectivity index is 1.66. The molecule has 2 aliphatic rings. The number of benzene rings is 2. The first-order chi connectivity index (χ1) is 24.6. The highest BCUT2D eigenvalue weighted by atomic mass is 35.5. The molecular weight excluding hydrogens is 697 g/mol. The highest BCUT2D eigenvalue weighted by molar-refractivity contribution is 6.33. The van der Waals surface area contributed by atoms with Gasteiger partial charge in [-0.15, -0.1) is 5.10 Å². The van der Waals surface area contributed by atoms with Gasteiger partial charge in [0.2, 0.25) is 11.9 Å². The van der Waals surface area contributed by atoms with Gasteiger partial charge in [-0.2, -0.15) is 22.8 Å². The Hall–Kier alpha value is -4.72. The Labute approximate surface area is 306 Å². The van der Waals surface area contributed by atoms with Crippen molar-refractivity contribution < 1.29 is 32.6 Å². The van der Waals surface area contributed by atoms with Gasteiger partial charge in [0.15, 0.2) is 11.5 Å². The summed E-state index contributed by atoms with van der Waals surface area (Å²) >= 11 is 6.19. The molecular formula is C38H43ClF3N6O4+. The monoisotopic (exact) mass is 739 g/mol. The van der Waals surface area contributed by atoms with Crippen LogP contribution in [-0.4, -0.2) is 65.0 Å². The first-order valence-corrected chi connectivity index (χ1v) is 17.5. The average molecular weight is 740 g/mol. The minimum absolute atomic E-state index is 0.0102. The molecule has 2 N–H and O–H groups in total. The summed E-state index contributed by atoms with van der Waals surface area (Å²) in [6, 6.07) is 7.54. The van der Waals surface area contributed by atoms with Crippen molar-refractivity contribution in [2.75, 3.05) is 43.6 Å². The zero-order valence-electron chi connectivity index (χ0n) is 29.7. The molecule has 10 nitrogen and oxygen atoms in total. The lowest BCUT2D eigenvalue weighted by Gasteiger charge is -2.36. The van der Waals surface area contributed by atoms with Crippen LogP contribution in [0.15, 0.2) is 67.4 Å². The van der Waals surface area contributed by atoms with Crippen molar-refractivity contribution in [1.29, 1.82) is 0 Å². The number of allylic oxidation sites excluding steroid dienone is 3. The van der Waals surface area contributed by atoms with E-state index >= 15 is 0 Å². The fourth-order valence-electron chi connectivity index (χ4n) is 6.40. The Morgan fingerprint density at radius 3 is 2.58 bits per heavy atom. The number of anilines is 2. The lowest BCUT2D eigenvalue weighted by Crippen LogP contribution is -2.51. The third-order valence-corrected chi connectivity index (χ3v) is 9.97. The van der Waals surface area contributed by atoms with E-state index in [1.165, 1.54) is 12.1 Å². The van der Waals surface area contributed by atoms with E-state index in [0.29, 0.717) is 78.5 Å². The number of nitrogens with one attached hydrogen (secondary N) is 1. The fourth-order valence-corrected chi connectivity index (χ4v) is 6.63. The number of aromatic nitrogens is 3. The van der Waals surface area contributed by atoms with Crippen LogP contribution in [0.3, 0.4) is 0 Å². The van der Waals surface area contributed by atoms with Gasteiger partial charge in [0.1, 0.15) is 12.3 Å². The molecule has 3 heterocycles. The third kappa shape index (κ3) is 7.71. The predicted molar refractivity (Wildman–Crippen MR) is 198 cm³/mol. The smallest absolute Gasteiger partial charge is 0.416 e. The summed E-state index contributed by atoms with van der Waals surface area (Å²) in [6.07, 6.45) is 1.15. The molecule has 276 valence electrons. The SMILES string of the molecule is C=CC(=O)[N+](C)(CCC(C)CC)c1cc(O)ccc1C1=C(CC)N(CC(=O)Nc2ccc(C(F)(F)F)cc2Cl)c2nc(C3=CCOCC3)nn2C1=C. The Bertz CT molecular complexity index is 1970. The molecule has 0 spiro atoms. The van der Waals surface area contributed by atoms with E-state index in [-0.39, 0.29) is 33.4 Å². The maximum Gasteiger partial charge on any atom is 0.416 e. The number of phenols is 1. The zero-order valence-corrected chi connectivity index (χ0v) is 30.4. The number of carbonyl (C=O) groups excluding carboxylic acids is 2. The number of carbonyl (C=O) groups is 2.